The fourth-order valence-electron chi connectivity index (χ4n) is 9.63. The summed E-state index contributed by atoms with van der Waals surface area (Å²) in [5.41, 5.74) is 14.4. The highest BCUT2D eigenvalue weighted by atomic mass is 16.3. The van der Waals surface area contributed by atoms with Gasteiger partial charge in [0.15, 0.2) is 0 Å². The van der Waals surface area contributed by atoms with Crippen molar-refractivity contribution in [3.63, 3.8) is 0 Å². The molecule has 0 N–H and O–H groups in total. The van der Waals surface area contributed by atoms with Gasteiger partial charge in [0.1, 0.15) is 11.2 Å². The molecule has 2 heteroatoms. The predicted octanol–water partition coefficient (Wildman–Crippen LogP) is 15.0. The number of hydrogen-bond acceptors (Lipinski definition) is 2. The van der Waals surface area contributed by atoms with E-state index in [9.17, 15) is 0 Å². The molecule has 55 heavy (non-hydrogen) atoms. The zero-order valence-electron chi connectivity index (χ0n) is 31.2. The fraction of sp³-hybridized carbons (Fsp3) is 0.132. The van der Waals surface area contributed by atoms with Gasteiger partial charge < -0.3 is 9.32 Å². The van der Waals surface area contributed by atoms with Gasteiger partial charge in [-0.3, -0.25) is 0 Å². The molecule has 0 amide bonds. The van der Waals surface area contributed by atoms with E-state index in [1.807, 2.05) is 0 Å². The fourth-order valence-corrected chi connectivity index (χ4v) is 9.63. The average molecular weight is 708 g/mol. The highest BCUT2D eigenvalue weighted by molar-refractivity contribution is 6.21. The molecule has 3 aliphatic rings. The number of nitrogens with zero attached hydrogens (tertiary/aromatic N) is 1. The third-order valence-electron chi connectivity index (χ3n) is 12.4. The van der Waals surface area contributed by atoms with Gasteiger partial charge in [-0.05, 0) is 93.8 Å². The summed E-state index contributed by atoms with van der Waals surface area (Å²) in [6, 6.07) is 47.4. The Hall–Kier alpha value is -6.38. The van der Waals surface area contributed by atoms with Gasteiger partial charge in [-0.15, -0.1) is 0 Å². The van der Waals surface area contributed by atoms with E-state index in [1.165, 1.54) is 49.7 Å². The van der Waals surface area contributed by atoms with Gasteiger partial charge >= 0.3 is 0 Å². The molecule has 1 unspecified atom stereocenters. The van der Waals surface area contributed by atoms with E-state index in [1.54, 1.807) is 0 Å². The third kappa shape index (κ3) is 4.94. The van der Waals surface area contributed by atoms with Crippen LogP contribution in [0.4, 0.5) is 17.1 Å². The number of benzene rings is 7. The lowest BCUT2D eigenvalue weighted by Gasteiger charge is -2.29. The number of hydrogen-bond donors (Lipinski definition) is 0. The number of furan rings is 1. The first-order chi connectivity index (χ1) is 27.0. The Kier molecular flexibility index (Phi) is 7.19. The average Bonchev–Trinajstić information content (AvgIpc) is 3.73. The molecule has 8 aromatic rings. The maximum absolute atomic E-state index is 7.17. The molecule has 3 aliphatic carbocycles. The van der Waals surface area contributed by atoms with E-state index in [0.29, 0.717) is 5.92 Å². The molecule has 11 rings (SSSR count). The van der Waals surface area contributed by atoms with Crippen molar-refractivity contribution in [3.8, 4) is 11.1 Å². The Morgan fingerprint density at radius 1 is 0.600 bits per heavy atom. The summed E-state index contributed by atoms with van der Waals surface area (Å²) in [4.78, 5) is 2.48. The second kappa shape index (κ2) is 12.3. The Labute approximate surface area is 322 Å². The van der Waals surface area contributed by atoms with Crippen LogP contribution in [0.1, 0.15) is 61.3 Å². The van der Waals surface area contributed by atoms with Gasteiger partial charge in [0, 0.05) is 49.8 Å². The molecule has 0 aliphatic heterocycles. The SMILES string of the molecule is CC1(C)c2ccccc2-c2ccc(N(c3ccc4ccccc4c3)c3cc4c5ccc(C6C=CC=CC6)c(C6=CCCC=C6)c5oc4c4ccccc34)cc21. The summed E-state index contributed by atoms with van der Waals surface area (Å²) in [7, 11) is 0. The molecule has 2 nitrogen and oxygen atoms in total. The van der Waals surface area contributed by atoms with Crippen LogP contribution in [0.15, 0.2) is 174 Å². The normalized spacial score (nSPS) is 16.9. The zero-order chi connectivity index (χ0) is 36.7. The van der Waals surface area contributed by atoms with Crippen LogP contribution < -0.4 is 4.90 Å². The Morgan fingerprint density at radius 3 is 2.22 bits per heavy atom. The minimum atomic E-state index is -0.122. The molecule has 0 bridgehead atoms. The third-order valence-corrected chi connectivity index (χ3v) is 12.4. The van der Waals surface area contributed by atoms with Crippen LogP contribution >= 0.6 is 0 Å². The Bertz CT molecular complexity index is 3000. The number of allylic oxidation sites excluding steroid dienone is 8. The molecule has 7 aromatic carbocycles. The molecule has 264 valence electrons. The highest BCUT2D eigenvalue weighted by Crippen LogP contribution is 2.52. The van der Waals surface area contributed by atoms with E-state index in [4.69, 9.17) is 4.42 Å². The highest BCUT2D eigenvalue weighted by Gasteiger charge is 2.36. The van der Waals surface area contributed by atoms with Gasteiger partial charge in [0.25, 0.3) is 0 Å². The molecular formula is C53H41NO. The van der Waals surface area contributed by atoms with Crippen molar-refractivity contribution in [1.82, 2.24) is 0 Å². The first-order valence-corrected chi connectivity index (χ1v) is 19.7. The van der Waals surface area contributed by atoms with Gasteiger partial charge in [-0.1, -0.05) is 153 Å². The van der Waals surface area contributed by atoms with Crippen molar-refractivity contribution in [3.05, 3.63) is 192 Å². The van der Waals surface area contributed by atoms with Gasteiger partial charge in [0.2, 0.25) is 0 Å². The lowest BCUT2D eigenvalue weighted by atomic mass is 9.82. The second-order valence-electron chi connectivity index (χ2n) is 15.9. The largest absolute Gasteiger partial charge is 0.455 e. The van der Waals surface area contributed by atoms with Crippen LogP contribution in [0.5, 0.6) is 0 Å². The minimum absolute atomic E-state index is 0.122. The van der Waals surface area contributed by atoms with Crippen molar-refractivity contribution >= 4 is 66.1 Å². The molecule has 1 heterocycles. The predicted molar refractivity (Wildman–Crippen MR) is 233 cm³/mol. The van der Waals surface area contributed by atoms with E-state index in [-0.39, 0.29) is 5.41 Å². The lowest BCUT2D eigenvalue weighted by molar-refractivity contribution is 0.660. The van der Waals surface area contributed by atoms with E-state index in [2.05, 4.69) is 189 Å². The van der Waals surface area contributed by atoms with Crippen LogP contribution in [-0.4, -0.2) is 0 Å². The van der Waals surface area contributed by atoms with Crippen molar-refractivity contribution in [1.29, 1.82) is 0 Å². The summed E-state index contributed by atoms with van der Waals surface area (Å²) in [6.45, 7) is 4.73. The quantitative estimate of drug-likeness (QED) is 0.177. The molecule has 0 saturated heterocycles. The summed E-state index contributed by atoms with van der Waals surface area (Å²) in [5, 5.41) is 7.01. The van der Waals surface area contributed by atoms with Gasteiger partial charge in [-0.2, -0.15) is 0 Å². The first kappa shape index (κ1) is 32.1. The lowest BCUT2D eigenvalue weighted by Crippen LogP contribution is -2.16. The van der Waals surface area contributed by atoms with Crippen LogP contribution in [-0.2, 0) is 5.41 Å². The number of rotatable bonds is 5. The molecule has 0 saturated carbocycles. The summed E-state index contributed by atoms with van der Waals surface area (Å²) in [5.74, 6) is 0.305. The van der Waals surface area contributed by atoms with Crippen molar-refractivity contribution in [2.75, 3.05) is 4.90 Å². The second-order valence-corrected chi connectivity index (χ2v) is 15.9. The maximum Gasteiger partial charge on any atom is 0.143 e. The topological polar surface area (TPSA) is 16.4 Å². The van der Waals surface area contributed by atoms with E-state index < -0.39 is 0 Å². The smallest absolute Gasteiger partial charge is 0.143 e. The molecule has 0 fully saturated rings. The maximum atomic E-state index is 7.17. The molecule has 0 radical (unpaired) electrons. The zero-order valence-corrected chi connectivity index (χ0v) is 31.2. The monoisotopic (exact) mass is 707 g/mol. The Morgan fingerprint density at radius 2 is 1.36 bits per heavy atom. The van der Waals surface area contributed by atoms with Crippen LogP contribution in [0.3, 0.4) is 0 Å². The van der Waals surface area contributed by atoms with Crippen molar-refractivity contribution in [2.45, 2.75) is 44.4 Å². The molecule has 0 spiro atoms. The Balaban J connectivity index is 1.20. The minimum Gasteiger partial charge on any atom is -0.455 e. The van der Waals surface area contributed by atoms with Crippen LogP contribution in [0.25, 0.3) is 60.2 Å². The first-order valence-electron chi connectivity index (χ1n) is 19.7. The van der Waals surface area contributed by atoms with E-state index >= 15 is 0 Å². The van der Waals surface area contributed by atoms with Gasteiger partial charge in [-0.25, -0.2) is 0 Å². The molecule has 1 atom stereocenters. The van der Waals surface area contributed by atoms with Crippen LogP contribution in [0.2, 0.25) is 0 Å². The summed E-state index contributed by atoms with van der Waals surface area (Å²) < 4.78 is 7.17. The number of anilines is 3. The van der Waals surface area contributed by atoms with Gasteiger partial charge in [0.05, 0.1) is 5.69 Å². The summed E-state index contributed by atoms with van der Waals surface area (Å²) >= 11 is 0. The number of fused-ring (bicyclic) bond motifs is 9. The summed E-state index contributed by atoms with van der Waals surface area (Å²) in [6.07, 6.45) is 19.1. The van der Waals surface area contributed by atoms with Crippen molar-refractivity contribution in [2.24, 2.45) is 0 Å². The molecular weight excluding hydrogens is 667 g/mol. The van der Waals surface area contributed by atoms with Crippen LogP contribution in [0, 0.1) is 0 Å². The van der Waals surface area contributed by atoms with Crippen molar-refractivity contribution < 1.29 is 4.42 Å². The van der Waals surface area contributed by atoms with E-state index in [0.717, 1.165) is 69.0 Å². The molecule has 1 aromatic heterocycles. The standard InChI is InChI=1S/C53H41NO/c1-53(2)47-24-14-13-21-41(47)42-28-27-39(32-48(42)53)54(38-26-25-34-15-9-10-20-37(34)31-38)49-33-46-45-30-29-40(35-16-5-3-6-17-35)50(36-18-7-4-8-19-36)52(45)55-51(46)44-23-12-11-22-43(44)49/h3,5-7,9-16,18-33,35H,4,8,17H2,1-2H3.